The zero-order valence-corrected chi connectivity index (χ0v) is 12.4. The highest BCUT2D eigenvalue weighted by Gasteiger charge is 2.15. The maximum atomic E-state index is 3.65. The molecule has 1 aliphatic carbocycles. The van der Waals surface area contributed by atoms with Crippen molar-refractivity contribution in [2.24, 2.45) is 5.92 Å². The second-order valence-electron chi connectivity index (χ2n) is 6.15. The van der Waals surface area contributed by atoms with Crippen molar-refractivity contribution in [2.75, 3.05) is 26.2 Å². The second kappa shape index (κ2) is 7.05. The average molecular weight is 270 g/mol. The van der Waals surface area contributed by atoms with Crippen LogP contribution in [0.5, 0.6) is 0 Å². The van der Waals surface area contributed by atoms with Crippen molar-refractivity contribution in [3.63, 3.8) is 0 Å². The molecular weight excluding hydrogens is 244 g/mol. The minimum atomic E-state index is 0.863. The van der Waals surface area contributed by atoms with Crippen molar-refractivity contribution < 1.29 is 0 Å². The van der Waals surface area contributed by atoms with Crippen LogP contribution in [0.4, 0.5) is 0 Å². The van der Waals surface area contributed by atoms with Gasteiger partial charge in [-0.3, -0.25) is 4.90 Å². The van der Waals surface area contributed by atoms with Crippen LogP contribution in [0.2, 0.25) is 0 Å². The third-order valence-corrected chi connectivity index (χ3v) is 4.63. The van der Waals surface area contributed by atoms with Gasteiger partial charge in [0, 0.05) is 26.2 Å². The summed E-state index contributed by atoms with van der Waals surface area (Å²) in [4.78, 5) is 2.58. The van der Waals surface area contributed by atoms with Gasteiger partial charge in [-0.2, -0.15) is 0 Å². The summed E-state index contributed by atoms with van der Waals surface area (Å²) in [5.41, 5.74) is 3.07. The molecule has 0 radical (unpaired) electrons. The van der Waals surface area contributed by atoms with Crippen LogP contribution in [-0.4, -0.2) is 31.1 Å². The van der Waals surface area contributed by atoms with Crippen LogP contribution in [0, 0.1) is 5.92 Å². The van der Waals surface area contributed by atoms with Crippen molar-refractivity contribution in [3.05, 3.63) is 47.5 Å². The fraction of sp³-hybridized carbons (Fsp3) is 0.556. The molecule has 1 heterocycles. The first-order valence-corrected chi connectivity index (χ1v) is 8.06. The number of hydrogen-bond donors (Lipinski definition) is 1. The highest BCUT2D eigenvalue weighted by Crippen LogP contribution is 2.18. The lowest BCUT2D eigenvalue weighted by atomic mass is 9.94. The zero-order chi connectivity index (χ0) is 13.6. The topological polar surface area (TPSA) is 15.3 Å². The number of hydrogen-bond acceptors (Lipinski definition) is 2. The van der Waals surface area contributed by atoms with E-state index < -0.39 is 0 Å². The number of fused-ring (bicyclic) bond motifs is 1. The van der Waals surface area contributed by atoms with Gasteiger partial charge in [0.05, 0.1) is 0 Å². The molecule has 1 aliphatic heterocycles. The number of rotatable bonds is 5. The van der Waals surface area contributed by atoms with E-state index in [1.54, 1.807) is 5.56 Å². The molecule has 2 heteroatoms. The molecule has 2 nitrogen and oxygen atoms in total. The third-order valence-electron chi connectivity index (χ3n) is 4.63. The van der Waals surface area contributed by atoms with E-state index >= 15 is 0 Å². The van der Waals surface area contributed by atoms with Crippen molar-refractivity contribution in [1.29, 1.82) is 0 Å². The van der Waals surface area contributed by atoms with Gasteiger partial charge in [0.2, 0.25) is 0 Å². The monoisotopic (exact) mass is 270 g/mol. The lowest BCUT2D eigenvalue weighted by Crippen LogP contribution is -2.37. The minimum Gasteiger partial charge on any atom is -0.315 e. The Morgan fingerprint density at radius 3 is 2.90 bits per heavy atom. The predicted molar refractivity (Wildman–Crippen MR) is 84.8 cm³/mol. The Kier molecular flexibility index (Phi) is 4.88. The molecule has 0 bridgehead atoms. The first-order chi connectivity index (χ1) is 9.92. The second-order valence-corrected chi connectivity index (χ2v) is 6.15. The molecule has 20 heavy (non-hydrogen) atoms. The van der Waals surface area contributed by atoms with Crippen molar-refractivity contribution in [2.45, 2.75) is 32.2 Å². The van der Waals surface area contributed by atoms with Crippen molar-refractivity contribution in [3.8, 4) is 0 Å². The van der Waals surface area contributed by atoms with Gasteiger partial charge in [-0.1, -0.05) is 36.4 Å². The summed E-state index contributed by atoms with van der Waals surface area (Å²) in [6, 6.07) is 8.89. The van der Waals surface area contributed by atoms with Gasteiger partial charge in [-0.25, -0.2) is 0 Å². The number of nitrogens with one attached hydrogen (secondary N) is 1. The van der Waals surface area contributed by atoms with Crippen LogP contribution in [0.1, 0.15) is 30.4 Å². The summed E-state index contributed by atoms with van der Waals surface area (Å²) in [7, 11) is 0. The van der Waals surface area contributed by atoms with Crippen LogP contribution >= 0.6 is 0 Å². The van der Waals surface area contributed by atoms with Crippen molar-refractivity contribution >= 4 is 0 Å². The molecule has 1 unspecified atom stereocenters. The van der Waals surface area contributed by atoms with Gasteiger partial charge in [0.1, 0.15) is 0 Å². The Hall–Kier alpha value is -1.12. The standard InChI is InChI=1S/C18H26N2/c1-2-6-16(7-3-1)14-19-11-13-20-12-10-17-8-4-5-9-18(17)15-20/h1-2,4-5,8-9,16,19H,3,6-7,10-15H2. The van der Waals surface area contributed by atoms with Gasteiger partial charge >= 0.3 is 0 Å². The van der Waals surface area contributed by atoms with Crippen LogP contribution in [0.15, 0.2) is 36.4 Å². The molecule has 0 spiro atoms. The van der Waals surface area contributed by atoms with Crippen LogP contribution in [0.25, 0.3) is 0 Å². The van der Waals surface area contributed by atoms with Gasteiger partial charge in [-0.15, -0.1) is 0 Å². The molecule has 0 saturated carbocycles. The SMILES string of the molecule is C1=CCC(CNCCN2CCc3ccccc3C2)CC1. The summed E-state index contributed by atoms with van der Waals surface area (Å²) in [6.07, 6.45) is 9.78. The molecule has 1 N–H and O–H groups in total. The number of nitrogens with zero attached hydrogens (tertiary/aromatic N) is 1. The highest BCUT2D eigenvalue weighted by molar-refractivity contribution is 5.28. The quantitative estimate of drug-likeness (QED) is 0.653. The lowest BCUT2D eigenvalue weighted by molar-refractivity contribution is 0.251. The van der Waals surface area contributed by atoms with E-state index in [-0.39, 0.29) is 0 Å². The van der Waals surface area contributed by atoms with Gasteiger partial charge in [-0.05, 0) is 49.3 Å². The molecule has 2 aliphatic rings. The van der Waals surface area contributed by atoms with Crippen LogP contribution < -0.4 is 5.32 Å². The summed E-state index contributed by atoms with van der Waals surface area (Å²) >= 11 is 0. The molecule has 1 aromatic rings. The number of allylic oxidation sites excluding steroid dienone is 2. The normalized spacial score (nSPS) is 22.7. The molecule has 1 atom stereocenters. The van der Waals surface area contributed by atoms with E-state index in [0.29, 0.717) is 0 Å². The van der Waals surface area contributed by atoms with E-state index in [4.69, 9.17) is 0 Å². The highest BCUT2D eigenvalue weighted by atomic mass is 15.1. The maximum Gasteiger partial charge on any atom is 0.0237 e. The summed E-state index contributed by atoms with van der Waals surface area (Å²) in [5.74, 6) is 0.863. The average Bonchev–Trinajstić information content (AvgIpc) is 2.52. The van der Waals surface area contributed by atoms with Crippen LogP contribution in [-0.2, 0) is 13.0 Å². The van der Waals surface area contributed by atoms with E-state index in [0.717, 1.165) is 19.0 Å². The zero-order valence-electron chi connectivity index (χ0n) is 12.4. The molecule has 1 aromatic carbocycles. The Bertz CT molecular complexity index is 452. The van der Waals surface area contributed by atoms with E-state index in [1.165, 1.54) is 50.9 Å². The Labute approximate surface area is 122 Å². The first kappa shape index (κ1) is 13.8. The summed E-state index contributed by atoms with van der Waals surface area (Å²) in [5, 5.41) is 3.65. The summed E-state index contributed by atoms with van der Waals surface area (Å²) < 4.78 is 0. The predicted octanol–water partition coefficient (Wildman–Crippen LogP) is 2.99. The molecule has 0 saturated heterocycles. The van der Waals surface area contributed by atoms with E-state index in [1.807, 2.05) is 0 Å². The van der Waals surface area contributed by atoms with Crippen LogP contribution in [0.3, 0.4) is 0 Å². The molecule has 0 fully saturated rings. The van der Waals surface area contributed by atoms with Crippen molar-refractivity contribution in [1.82, 2.24) is 10.2 Å². The first-order valence-electron chi connectivity index (χ1n) is 8.06. The largest absolute Gasteiger partial charge is 0.315 e. The smallest absolute Gasteiger partial charge is 0.0237 e. The Balaban J connectivity index is 1.36. The Morgan fingerprint density at radius 1 is 1.15 bits per heavy atom. The summed E-state index contributed by atoms with van der Waals surface area (Å²) in [6.45, 7) is 5.84. The molecular formula is C18H26N2. The lowest BCUT2D eigenvalue weighted by Gasteiger charge is -2.29. The van der Waals surface area contributed by atoms with E-state index in [9.17, 15) is 0 Å². The molecule has 0 aromatic heterocycles. The minimum absolute atomic E-state index is 0.863. The van der Waals surface area contributed by atoms with Gasteiger partial charge < -0.3 is 5.32 Å². The number of benzene rings is 1. The molecule has 0 amide bonds. The fourth-order valence-electron chi connectivity index (χ4n) is 3.33. The Morgan fingerprint density at radius 2 is 2.05 bits per heavy atom. The van der Waals surface area contributed by atoms with Gasteiger partial charge in [0.15, 0.2) is 0 Å². The fourth-order valence-corrected chi connectivity index (χ4v) is 3.33. The molecule has 108 valence electrons. The van der Waals surface area contributed by atoms with E-state index in [2.05, 4.69) is 46.6 Å². The third kappa shape index (κ3) is 3.71. The maximum absolute atomic E-state index is 3.65. The van der Waals surface area contributed by atoms with Gasteiger partial charge in [0.25, 0.3) is 0 Å². The molecule has 3 rings (SSSR count).